The molecular formula is C21H21N5O2. The Morgan fingerprint density at radius 2 is 1.61 bits per heavy atom. The Hall–Kier alpha value is -3.48. The number of nitrogens with zero attached hydrogens (tertiary/aromatic N) is 5. The summed E-state index contributed by atoms with van der Waals surface area (Å²) in [7, 11) is 1.61. The fourth-order valence-corrected chi connectivity index (χ4v) is 3.23. The number of aromatic nitrogens is 3. The van der Waals surface area contributed by atoms with Crippen molar-refractivity contribution in [3.05, 3.63) is 66.5 Å². The summed E-state index contributed by atoms with van der Waals surface area (Å²) >= 11 is 0. The van der Waals surface area contributed by atoms with Crippen LogP contribution >= 0.6 is 0 Å². The minimum Gasteiger partial charge on any atom is -0.497 e. The van der Waals surface area contributed by atoms with Crippen LogP contribution in [0.2, 0.25) is 0 Å². The number of amides is 1. The number of hydrogen-bond donors (Lipinski definition) is 0. The number of methoxy groups -OCH3 is 1. The molecule has 7 nitrogen and oxygen atoms in total. The average Bonchev–Trinajstić information content (AvgIpc) is 2.79. The molecular weight excluding hydrogens is 354 g/mol. The summed E-state index contributed by atoms with van der Waals surface area (Å²) in [6, 6.07) is 15.0. The van der Waals surface area contributed by atoms with Gasteiger partial charge >= 0.3 is 0 Å². The monoisotopic (exact) mass is 375 g/mol. The lowest BCUT2D eigenvalue weighted by Gasteiger charge is -2.35. The third kappa shape index (κ3) is 3.78. The van der Waals surface area contributed by atoms with Crippen LogP contribution in [0.1, 0.15) is 10.4 Å². The van der Waals surface area contributed by atoms with Gasteiger partial charge in [-0.05, 0) is 48.5 Å². The van der Waals surface area contributed by atoms with Crippen molar-refractivity contribution in [2.75, 3.05) is 38.2 Å². The normalized spacial score (nSPS) is 14.0. The van der Waals surface area contributed by atoms with Crippen LogP contribution in [0.15, 0.2) is 60.9 Å². The highest BCUT2D eigenvalue weighted by Crippen LogP contribution is 2.19. The standard InChI is InChI=1S/C21H21N5O2/c1-28-18-4-2-17(3-5-18)21(27)26-14-12-25(13-15-26)20-7-6-19(23-24-20)16-8-10-22-11-9-16/h2-11H,12-15H2,1H3. The first-order valence-corrected chi connectivity index (χ1v) is 9.17. The van der Waals surface area contributed by atoms with Crippen molar-refractivity contribution in [2.24, 2.45) is 0 Å². The lowest BCUT2D eigenvalue weighted by Crippen LogP contribution is -2.49. The van der Waals surface area contributed by atoms with Gasteiger partial charge in [0.1, 0.15) is 5.75 Å². The van der Waals surface area contributed by atoms with E-state index >= 15 is 0 Å². The lowest BCUT2D eigenvalue weighted by molar-refractivity contribution is 0.0746. The Morgan fingerprint density at radius 1 is 0.893 bits per heavy atom. The molecule has 1 saturated heterocycles. The Balaban J connectivity index is 1.37. The molecule has 1 amide bonds. The fourth-order valence-electron chi connectivity index (χ4n) is 3.23. The molecule has 28 heavy (non-hydrogen) atoms. The summed E-state index contributed by atoms with van der Waals surface area (Å²) in [6.07, 6.45) is 3.48. The Labute approximate surface area is 163 Å². The number of rotatable bonds is 4. The van der Waals surface area contributed by atoms with Gasteiger partial charge in [0.05, 0.1) is 12.8 Å². The maximum atomic E-state index is 12.7. The molecule has 0 bridgehead atoms. The number of carbonyl (C=O) groups excluding carboxylic acids is 1. The predicted molar refractivity (Wildman–Crippen MR) is 106 cm³/mol. The third-order valence-corrected chi connectivity index (χ3v) is 4.85. The van der Waals surface area contributed by atoms with E-state index in [4.69, 9.17) is 4.74 Å². The molecule has 0 unspecified atom stereocenters. The third-order valence-electron chi connectivity index (χ3n) is 4.85. The second-order valence-corrected chi connectivity index (χ2v) is 6.52. The SMILES string of the molecule is COc1ccc(C(=O)N2CCN(c3ccc(-c4ccncc4)nn3)CC2)cc1. The van der Waals surface area contributed by atoms with Crippen molar-refractivity contribution in [1.29, 1.82) is 0 Å². The Bertz CT molecular complexity index is 921. The zero-order valence-electron chi connectivity index (χ0n) is 15.7. The van der Waals surface area contributed by atoms with Crippen molar-refractivity contribution in [2.45, 2.75) is 0 Å². The molecule has 1 aromatic carbocycles. The van der Waals surface area contributed by atoms with E-state index in [1.54, 1.807) is 31.6 Å². The number of benzene rings is 1. The number of anilines is 1. The molecule has 7 heteroatoms. The number of piperazine rings is 1. The van der Waals surface area contributed by atoms with E-state index in [1.807, 2.05) is 41.3 Å². The second kappa shape index (κ2) is 8.04. The molecule has 4 rings (SSSR count). The molecule has 3 aromatic rings. The summed E-state index contributed by atoms with van der Waals surface area (Å²) in [6.45, 7) is 2.76. The molecule has 1 aliphatic rings. The quantitative estimate of drug-likeness (QED) is 0.698. The molecule has 2 aromatic heterocycles. The average molecular weight is 375 g/mol. The number of pyridine rings is 1. The van der Waals surface area contributed by atoms with Gasteiger partial charge in [-0.3, -0.25) is 9.78 Å². The minimum atomic E-state index is 0.0430. The van der Waals surface area contributed by atoms with Gasteiger partial charge in [0.2, 0.25) is 0 Å². The van der Waals surface area contributed by atoms with Crippen LogP contribution < -0.4 is 9.64 Å². The van der Waals surface area contributed by atoms with Crippen LogP contribution in [-0.2, 0) is 0 Å². The molecule has 1 fully saturated rings. The van der Waals surface area contributed by atoms with Crippen LogP contribution in [0, 0.1) is 0 Å². The van der Waals surface area contributed by atoms with Gasteiger partial charge in [0, 0.05) is 49.7 Å². The van der Waals surface area contributed by atoms with Crippen LogP contribution in [0.5, 0.6) is 5.75 Å². The van der Waals surface area contributed by atoms with Crippen molar-refractivity contribution in [1.82, 2.24) is 20.1 Å². The molecule has 0 aliphatic carbocycles. The van der Waals surface area contributed by atoms with Crippen LogP contribution in [0.4, 0.5) is 5.82 Å². The van der Waals surface area contributed by atoms with Gasteiger partial charge in [-0.25, -0.2) is 0 Å². The van der Waals surface area contributed by atoms with Gasteiger partial charge < -0.3 is 14.5 Å². The highest BCUT2D eigenvalue weighted by Gasteiger charge is 2.23. The van der Waals surface area contributed by atoms with E-state index in [1.165, 1.54) is 0 Å². The maximum Gasteiger partial charge on any atom is 0.253 e. The largest absolute Gasteiger partial charge is 0.497 e. The molecule has 0 spiro atoms. The van der Waals surface area contributed by atoms with Gasteiger partial charge in [-0.2, -0.15) is 0 Å². The van der Waals surface area contributed by atoms with E-state index in [0.717, 1.165) is 35.9 Å². The fraction of sp³-hybridized carbons (Fsp3) is 0.238. The second-order valence-electron chi connectivity index (χ2n) is 6.52. The summed E-state index contributed by atoms with van der Waals surface area (Å²) in [4.78, 5) is 20.7. The number of carbonyl (C=O) groups is 1. The van der Waals surface area contributed by atoms with Gasteiger partial charge in [-0.1, -0.05) is 0 Å². The first-order chi connectivity index (χ1) is 13.7. The van der Waals surface area contributed by atoms with Gasteiger partial charge in [0.25, 0.3) is 5.91 Å². The molecule has 0 saturated carbocycles. The minimum absolute atomic E-state index is 0.0430. The topological polar surface area (TPSA) is 71.5 Å². The molecule has 142 valence electrons. The first-order valence-electron chi connectivity index (χ1n) is 9.17. The lowest BCUT2D eigenvalue weighted by atomic mass is 10.1. The Morgan fingerprint density at radius 3 is 2.21 bits per heavy atom. The molecule has 3 heterocycles. The summed E-state index contributed by atoms with van der Waals surface area (Å²) < 4.78 is 5.15. The predicted octanol–water partition coefficient (Wildman–Crippen LogP) is 2.51. The van der Waals surface area contributed by atoms with Crippen LogP contribution in [0.3, 0.4) is 0 Å². The van der Waals surface area contributed by atoms with E-state index in [2.05, 4.69) is 20.1 Å². The molecule has 1 aliphatic heterocycles. The zero-order chi connectivity index (χ0) is 19.3. The highest BCUT2D eigenvalue weighted by molar-refractivity contribution is 5.94. The van der Waals surface area contributed by atoms with E-state index in [9.17, 15) is 4.79 Å². The number of ether oxygens (including phenoxy) is 1. The van der Waals surface area contributed by atoms with Crippen LogP contribution in [0.25, 0.3) is 11.3 Å². The summed E-state index contributed by atoms with van der Waals surface area (Å²) in [5, 5.41) is 8.69. The van der Waals surface area contributed by atoms with E-state index in [0.29, 0.717) is 18.7 Å². The zero-order valence-corrected chi connectivity index (χ0v) is 15.7. The highest BCUT2D eigenvalue weighted by atomic mass is 16.5. The molecule has 0 atom stereocenters. The van der Waals surface area contributed by atoms with Crippen molar-refractivity contribution >= 4 is 11.7 Å². The van der Waals surface area contributed by atoms with Gasteiger partial charge in [0.15, 0.2) is 5.82 Å². The van der Waals surface area contributed by atoms with Crippen molar-refractivity contribution < 1.29 is 9.53 Å². The maximum absolute atomic E-state index is 12.7. The van der Waals surface area contributed by atoms with E-state index < -0.39 is 0 Å². The first kappa shape index (κ1) is 17.9. The summed E-state index contributed by atoms with van der Waals surface area (Å²) in [5.74, 6) is 1.62. The summed E-state index contributed by atoms with van der Waals surface area (Å²) in [5.41, 5.74) is 2.49. The van der Waals surface area contributed by atoms with Crippen LogP contribution in [-0.4, -0.2) is 59.3 Å². The van der Waals surface area contributed by atoms with E-state index in [-0.39, 0.29) is 5.91 Å². The molecule has 0 radical (unpaired) electrons. The Kier molecular flexibility index (Phi) is 5.14. The number of hydrogen-bond acceptors (Lipinski definition) is 6. The van der Waals surface area contributed by atoms with Crippen molar-refractivity contribution in [3.63, 3.8) is 0 Å². The smallest absolute Gasteiger partial charge is 0.253 e. The van der Waals surface area contributed by atoms with Gasteiger partial charge in [-0.15, -0.1) is 10.2 Å². The van der Waals surface area contributed by atoms with Crippen molar-refractivity contribution in [3.8, 4) is 17.0 Å². The molecule has 0 N–H and O–H groups in total.